The highest BCUT2D eigenvalue weighted by Gasteiger charge is 2.30. The zero-order valence-corrected chi connectivity index (χ0v) is 23.0. The average molecular weight is 537 g/mol. The van der Waals surface area contributed by atoms with Crippen molar-refractivity contribution < 1.29 is 13.6 Å². The second kappa shape index (κ2) is 13.7. The Bertz CT molecular complexity index is 1360. The van der Waals surface area contributed by atoms with Crippen LogP contribution in [0, 0.1) is 0 Å². The Kier molecular flexibility index (Phi) is 9.84. The molecule has 0 saturated heterocycles. The Balaban J connectivity index is 0.000000194. The van der Waals surface area contributed by atoms with Gasteiger partial charge < -0.3 is 9.05 Å². The molecule has 0 saturated carbocycles. The van der Waals surface area contributed by atoms with Crippen molar-refractivity contribution in [1.29, 1.82) is 0 Å². The summed E-state index contributed by atoms with van der Waals surface area (Å²) in [7, 11) is -2.12. The minimum absolute atomic E-state index is 0.404. The molecule has 5 aromatic rings. The largest absolute Gasteiger partial charge is 0.437 e. The van der Waals surface area contributed by atoms with Gasteiger partial charge in [0.2, 0.25) is 0 Å². The lowest BCUT2D eigenvalue weighted by molar-refractivity contribution is 0.474. The molecule has 0 radical (unpaired) electrons. The van der Waals surface area contributed by atoms with E-state index in [1.54, 1.807) is 7.11 Å². The van der Waals surface area contributed by atoms with Crippen LogP contribution in [0.1, 0.15) is 5.56 Å². The molecule has 5 rings (SSSR count). The Morgan fingerprint density at radius 1 is 0.579 bits per heavy atom. The van der Waals surface area contributed by atoms with E-state index in [9.17, 15) is 4.57 Å². The highest BCUT2D eigenvalue weighted by Crippen LogP contribution is 2.48. The summed E-state index contributed by atoms with van der Waals surface area (Å²) >= 11 is 0. The minimum Gasteiger partial charge on any atom is -0.437 e. The van der Waals surface area contributed by atoms with Gasteiger partial charge in [-0.05, 0) is 24.3 Å². The summed E-state index contributed by atoms with van der Waals surface area (Å²) in [6.45, 7) is 3.97. The second-order valence-electron chi connectivity index (χ2n) is 8.25. The fraction of sp³-hybridized carbons (Fsp3) is 0.0303. The molecule has 0 N–H and O–H groups in total. The summed E-state index contributed by atoms with van der Waals surface area (Å²) in [5, 5.41) is 3.81. The first-order valence-corrected chi connectivity index (χ1v) is 15.1. The smallest absolute Gasteiger partial charge is 0.306 e. The van der Waals surface area contributed by atoms with Gasteiger partial charge in [-0.3, -0.25) is 4.57 Å². The van der Waals surface area contributed by atoms with Crippen LogP contribution in [0.15, 0.2) is 158 Å². The number of hydrogen-bond acceptors (Lipinski definition) is 3. The van der Waals surface area contributed by atoms with Crippen molar-refractivity contribution in [2.24, 2.45) is 0 Å². The third-order valence-electron chi connectivity index (χ3n) is 5.69. The van der Waals surface area contributed by atoms with Crippen LogP contribution < -0.4 is 21.2 Å². The van der Waals surface area contributed by atoms with Crippen molar-refractivity contribution in [2.75, 3.05) is 7.11 Å². The number of benzene rings is 5. The molecule has 0 heterocycles. The van der Waals surface area contributed by atoms with Gasteiger partial charge in [0, 0.05) is 23.3 Å². The topological polar surface area (TPSA) is 35.5 Å². The van der Waals surface area contributed by atoms with E-state index in [1.165, 1.54) is 10.6 Å². The van der Waals surface area contributed by atoms with Crippen LogP contribution >= 0.6 is 15.5 Å². The van der Waals surface area contributed by atoms with Gasteiger partial charge in [-0.15, -0.1) is 0 Å². The predicted molar refractivity (Wildman–Crippen MR) is 162 cm³/mol. The second-order valence-corrected chi connectivity index (χ2v) is 12.6. The van der Waals surface area contributed by atoms with Crippen molar-refractivity contribution >= 4 is 42.5 Å². The van der Waals surface area contributed by atoms with Crippen LogP contribution in [0.5, 0.6) is 0 Å². The van der Waals surface area contributed by atoms with Crippen LogP contribution in [-0.4, -0.2) is 7.11 Å². The summed E-state index contributed by atoms with van der Waals surface area (Å²) in [6.07, 6.45) is 0. The highest BCUT2D eigenvalue weighted by molar-refractivity contribution is 7.74. The molecule has 190 valence electrons. The van der Waals surface area contributed by atoms with Gasteiger partial charge >= 0.3 is 7.37 Å². The van der Waals surface area contributed by atoms with Gasteiger partial charge in [-0.2, -0.15) is 0 Å². The van der Waals surface area contributed by atoms with E-state index in [0.29, 0.717) is 16.4 Å². The molecule has 0 spiro atoms. The molecule has 0 amide bonds. The average Bonchev–Trinajstić information content (AvgIpc) is 3.00. The predicted octanol–water partition coefficient (Wildman–Crippen LogP) is 7.28. The maximum atomic E-state index is 13.7. The van der Waals surface area contributed by atoms with Crippen molar-refractivity contribution in [3.05, 3.63) is 164 Å². The third kappa shape index (κ3) is 6.97. The van der Waals surface area contributed by atoms with Crippen LogP contribution in [0.2, 0.25) is 0 Å². The first-order valence-electron chi connectivity index (χ1n) is 12.2. The molecule has 0 aliphatic heterocycles. The summed E-state index contributed by atoms with van der Waals surface area (Å²) in [4.78, 5) is 0. The molecule has 0 bridgehead atoms. The quantitative estimate of drug-likeness (QED) is 0.154. The van der Waals surface area contributed by atoms with E-state index in [4.69, 9.17) is 9.05 Å². The lowest BCUT2D eigenvalue weighted by Gasteiger charge is -2.21. The molecule has 0 unspecified atom stereocenters. The summed E-state index contributed by atoms with van der Waals surface area (Å²) in [5.74, 6) is 0.404. The Morgan fingerprint density at radius 2 is 0.921 bits per heavy atom. The van der Waals surface area contributed by atoms with Gasteiger partial charge in [-0.25, -0.2) is 0 Å². The number of hydrogen-bond donors (Lipinski definition) is 0. The zero-order valence-electron chi connectivity index (χ0n) is 21.3. The van der Waals surface area contributed by atoms with E-state index in [2.05, 4.69) is 30.8 Å². The summed E-state index contributed by atoms with van der Waals surface area (Å²) < 4.78 is 25.3. The highest BCUT2D eigenvalue weighted by atomic mass is 31.2. The van der Waals surface area contributed by atoms with Crippen LogP contribution in [0.4, 0.5) is 0 Å². The maximum absolute atomic E-state index is 13.7. The molecule has 5 heteroatoms. The maximum Gasteiger partial charge on any atom is 0.306 e. The third-order valence-corrected chi connectivity index (χ3v) is 10.0. The zero-order chi connectivity index (χ0) is 26.6. The molecule has 5 aromatic carbocycles. The van der Waals surface area contributed by atoms with E-state index in [0.717, 1.165) is 5.56 Å². The van der Waals surface area contributed by atoms with Gasteiger partial charge in [-0.1, -0.05) is 134 Å². The molecule has 0 aliphatic rings. The normalized spacial score (nSPS) is 10.8. The molecule has 0 aliphatic carbocycles. The molecule has 0 aromatic heterocycles. The molecular weight excluding hydrogens is 506 g/mol. The van der Waals surface area contributed by atoms with E-state index < -0.39 is 15.5 Å². The van der Waals surface area contributed by atoms with Gasteiger partial charge in [0.15, 0.2) is 0 Å². The lowest BCUT2D eigenvalue weighted by Crippen LogP contribution is -2.17. The fourth-order valence-electron chi connectivity index (χ4n) is 3.82. The van der Waals surface area contributed by atoms with E-state index in [1.807, 2.05) is 127 Å². The first kappa shape index (κ1) is 27.3. The van der Waals surface area contributed by atoms with Crippen LogP contribution in [0.3, 0.4) is 0 Å². The van der Waals surface area contributed by atoms with Crippen LogP contribution in [-0.2, 0) is 13.6 Å². The molecule has 0 atom stereocenters. The van der Waals surface area contributed by atoms with E-state index in [-0.39, 0.29) is 0 Å². The Morgan fingerprint density at radius 3 is 1.29 bits per heavy atom. The standard InChI is InChI=1S/C20H17O2P.C13H13OP/c1-17(18-11-5-2-6-12-18)22-23(21,19-13-7-3-8-14-19)20-15-9-4-10-16-20;1-14-15(12-8-4-2-5-9-12)13-10-6-3-7-11-13/h2-16H,1H2;2-11H,1H3. The molecular formula is C33H30O3P2. The monoisotopic (exact) mass is 536 g/mol. The van der Waals surface area contributed by atoms with Crippen molar-refractivity contribution in [3.8, 4) is 0 Å². The Hall–Kier alpha value is -3.74. The van der Waals surface area contributed by atoms with Crippen molar-refractivity contribution in [2.45, 2.75) is 0 Å². The number of rotatable bonds is 8. The lowest BCUT2D eigenvalue weighted by atomic mass is 10.2. The fourth-order valence-corrected chi connectivity index (χ4v) is 7.48. The Labute approximate surface area is 226 Å². The molecule has 38 heavy (non-hydrogen) atoms. The SMILES string of the molecule is C=C(OP(=O)(c1ccccc1)c1ccccc1)c1ccccc1.COP(c1ccccc1)c1ccccc1. The van der Waals surface area contributed by atoms with E-state index >= 15 is 0 Å². The molecule has 3 nitrogen and oxygen atoms in total. The molecule has 0 fully saturated rings. The summed E-state index contributed by atoms with van der Waals surface area (Å²) in [6, 6.07) is 48.7. The minimum atomic E-state index is -3.25. The summed E-state index contributed by atoms with van der Waals surface area (Å²) in [5.41, 5.74) is 0.819. The van der Waals surface area contributed by atoms with Crippen LogP contribution in [0.25, 0.3) is 5.76 Å². The van der Waals surface area contributed by atoms with Crippen molar-refractivity contribution in [3.63, 3.8) is 0 Å². The van der Waals surface area contributed by atoms with Gasteiger partial charge in [0.05, 0.1) is 18.8 Å². The van der Waals surface area contributed by atoms with Crippen molar-refractivity contribution in [1.82, 2.24) is 0 Å². The van der Waals surface area contributed by atoms with Gasteiger partial charge in [0.25, 0.3) is 0 Å². The van der Waals surface area contributed by atoms with Gasteiger partial charge in [0.1, 0.15) is 5.76 Å². The first-order chi connectivity index (χ1) is 18.6.